The van der Waals surface area contributed by atoms with Crippen LogP contribution in [0.5, 0.6) is 0 Å². The summed E-state index contributed by atoms with van der Waals surface area (Å²) in [6.45, 7) is 12.2. The van der Waals surface area contributed by atoms with Gasteiger partial charge in [-0.2, -0.15) is 0 Å². The number of hydrogen-bond donors (Lipinski definition) is 0. The fourth-order valence-electron chi connectivity index (χ4n) is 6.11. The number of hydrogen-bond acceptors (Lipinski definition) is 4. The zero-order valence-corrected chi connectivity index (χ0v) is 18.7. The molecule has 4 aliphatic heterocycles. The molecule has 0 atom stereocenters. The molecule has 0 spiro atoms. The molecule has 0 amide bonds. The van der Waals surface area contributed by atoms with Gasteiger partial charge in [-0.05, 0) is 61.7 Å². The minimum absolute atomic E-state index is 0.871. The average Bonchev–Trinajstić information content (AvgIpc) is 2.36. The zero-order valence-electron chi connectivity index (χ0n) is 14.7. The molecule has 4 fully saturated rings. The summed E-state index contributed by atoms with van der Waals surface area (Å²) in [6, 6.07) is 0. The van der Waals surface area contributed by atoms with Gasteiger partial charge in [-0.1, -0.05) is 0 Å². The van der Waals surface area contributed by atoms with Gasteiger partial charge in [0.25, 0.3) is 0 Å². The quantitative estimate of drug-likeness (QED) is 0.610. The fraction of sp³-hybridized carbons (Fsp3) is 1.00. The molecule has 22 heavy (non-hydrogen) atoms. The summed E-state index contributed by atoms with van der Waals surface area (Å²) in [7, 11) is -6.66. The first-order valence-corrected chi connectivity index (χ1v) is 19.2. The van der Waals surface area contributed by atoms with Crippen molar-refractivity contribution in [2.45, 2.75) is 61.7 Å². The highest BCUT2D eigenvalue weighted by molar-refractivity contribution is 7.25. The first-order valence-electron chi connectivity index (χ1n) is 9.04. The van der Waals surface area contributed by atoms with E-state index in [1.54, 1.807) is 0 Å². The predicted octanol–water partition coefficient (Wildman–Crippen LogP) is 3.19. The van der Waals surface area contributed by atoms with Crippen molar-refractivity contribution < 1.29 is 17.7 Å². The highest BCUT2D eigenvalue weighted by Gasteiger charge is 2.75. The second-order valence-electron chi connectivity index (χ2n) is 7.52. The first-order chi connectivity index (χ1) is 10.5. The van der Waals surface area contributed by atoms with Crippen LogP contribution in [0.1, 0.15) is 27.7 Å². The van der Waals surface area contributed by atoms with Crippen LogP contribution in [0, 0.1) is 0 Å². The van der Waals surface area contributed by atoms with Crippen LogP contribution >= 0.6 is 0 Å². The van der Waals surface area contributed by atoms with Crippen molar-refractivity contribution in [3.05, 3.63) is 0 Å². The molecule has 0 radical (unpaired) electrons. The van der Waals surface area contributed by atoms with E-state index in [2.05, 4.69) is 27.7 Å². The van der Waals surface area contributed by atoms with Crippen molar-refractivity contribution in [1.82, 2.24) is 0 Å². The van der Waals surface area contributed by atoms with E-state index < -0.39 is 33.3 Å². The van der Waals surface area contributed by atoms with Gasteiger partial charge in [-0.25, -0.2) is 0 Å². The van der Waals surface area contributed by atoms with Gasteiger partial charge in [0.2, 0.25) is 0 Å². The summed E-state index contributed by atoms with van der Waals surface area (Å²) < 4.78 is 26.2. The summed E-state index contributed by atoms with van der Waals surface area (Å²) in [4.78, 5) is 0. The Bertz CT molecular complexity index is 310. The normalized spacial score (nSPS) is 46.4. The lowest BCUT2D eigenvalue weighted by atomic mass is 10.9. The maximum absolute atomic E-state index is 6.56. The Morgan fingerprint density at radius 1 is 0.455 bits per heavy atom. The summed E-state index contributed by atoms with van der Waals surface area (Å²) in [5.74, 6) is 0. The lowest BCUT2D eigenvalue weighted by molar-refractivity contribution is 0.266. The summed E-state index contributed by atoms with van der Waals surface area (Å²) >= 11 is 0. The van der Waals surface area contributed by atoms with Crippen molar-refractivity contribution in [2.75, 3.05) is 26.4 Å². The molecule has 0 N–H and O–H groups in total. The molecular weight excluding hydrogens is 344 g/mol. The molecule has 4 aliphatic rings. The lowest BCUT2D eigenvalue weighted by Gasteiger charge is -2.64. The van der Waals surface area contributed by atoms with Gasteiger partial charge >= 0.3 is 0 Å². The third kappa shape index (κ3) is 2.89. The third-order valence-electron chi connectivity index (χ3n) is 5.67. The smallest absolute Gasteiger partial charge is 0.191 e. The van der Waals surface area contributed by atoms with Gasteiger partial charge < -0.3 is 17.7 Å². The van der Waals surface area contributed by atoms with Crippen LogP contribution in [0.4, 0.5) is 0 Å². The Kier molecular flexibility index (Phi) is 4.95. The first kappa shape index (κ1) is 17.5. The van der Waals surface area contributed by atoms with Crippen molar-refractivity contribution in [2.24, 2.45) is 0 Å². The monoisotopic (exact) mass is 376 g/mol. The van der Waals surface area contributed by atoms with E-state index >= 15 is 0 Å². The minimum atomic E-state index is -1.66. The zero-order chi connectivity index (χ0) is 15.9. The summed E-state index contributed by atoms with van der Waals surface area (Å²) in [6.07, 6.45) is 0. The highest BCUT2D eigenvalue weighted by atomic mass is 28.5. The molecule has 4 saturated heterocycles. The van der Waals surface area contributed by atoms with E-state index in [1.165, 1.54) is 34.0 Å². The van der Waals surface area contributed by atoms with Gasteiger partial charge in [0.1, 0.15) is 0 Å². The van der Waals surface area contributed by atoms with Crippen molar-refractivity contribution in [3.63, 3.8) is 0 Å². The standard InChI is InChI=1S/C14H32O4Si4/c1-5-15-19-9-20(16-6-2)12-21(10-19,17-7-3)14-22(11-19,13-20)18-8-4/h5-14H2,1-4H3. The molecule has 128 valence electrons. The molecule has 0 aromatic rings. The molecule has 8 heteroatoms. The Hall–Kier alpha value is 0.708. The average molecular weight is 377 g/mol. The van der Waals surface area contributed by atoms with Crippen LogP contribution in [0.2, 0.25) is 34.0 Å². The fourth-order valence-corrected chi connectivity index (χ4v) is 61.1. The van der Waals surface area contributed by atoms with Gasteiger partial charge in [-0.3, -0.25) is 0 Å². The third-order valence-corrected chi connectivity index (χ3v) is 40.2. The molecule has 0 aliphatic carbocycles. The van der Waals surface area contributed by atoms with Gasteiger partial charge in [0, 0.05) is 26.4 Å². The molecule has 0 saturated carbocycles. The van der Waals surface area contributed by atoms with E-state index in [9.17, 15) is 0 Å². The van der Waals surface area contributed by atoms with Crippen LogP contribution in [0.15, 0.2) is 0 Å². The summed E-state index contributed by atoms with van der Waals surface area (Å²) in [5, 5.41) is 0. The largest absolute Gasteiger partial charge is 0.418 e. The van der Waals surface area contributed by atoms with Gasteiger partial charge in [0.15, 0.2) is 33.3 Å². The Labute approximate surface area is 139 Å². The minimum Gasteiger partial charge on any atom is -0.418 e. The van der Waals surface area contributed by atoms with Crippen LogP contribution in [0.25, 0.3) is 0 Å². The van der Waals surface area contributed by atoms with Crippen molar-refractivity contribution in [1.29, 1.82) is 0 Å². The molecular formula is C14H32O4Si4. The molecule has 4 nitrogen and oxygen atoms in total. The van der Waals surface area contributed by atoms with Crippen molar-refractivity contribution in [3.8, 4) is 0 Å². The van der Waals surface area contributed by atoms with E-state index in [1.807, 2.05) is 0 Å². The molecule has 4 bridgehead atoms. The maximum atomic E-state index is 6.56. The SMILES string of the molecule is CCO[Si]12C[Si]3(OCC)C[Si](OCC)(C1)C[Si](OCC)(C2)C3. The van der Waals surface area contributed by atoms with Gasteiger partial charge in [0.05, 0.1) is 0 Å². The molecule has 4 heterocycles. The lowest BCUT2D eigenvalue weighted by Crippen LogP contribution is -2.80. The molecule has 0 unspecified atom stereocenters. The second kappa shape index (κ2) is 6.21. The predicted molar refractivity (Wildman–Crippen MR) is 98.4 cm³/mol. The van der Waals surface area contributed by atoms with Gasteiger partial charge in [-0.15, -0.1) is 0 Å². The summed E-state index contributed by atoms with van der Waals surface area (Å²) in [5.41, 5.74) is 8.03. The van der Waals surface area contributed by atoms with Crippen LogP contribution in [-0.2, 0) is 17.7 Å². The molecule has 0 aromatic carbocycles. The van der Waals surface area contributed by atoms with Crippen LogP contribution in [-0.4, -0.2) is 59.7 Å². The molecule has 4 rings (SSSR count). The maximum Gasteiger partial charge on any atom is 0.191 e. The van der Waals surface area contributed by atoms with E-state index in [4.69, 9.17) is 17.7 Å². The van der Waals surface area contributed by atoms with Crippen LogP contribution in [0.3, 0.4) is 0 Å². The van der Waals surface area contributed by atoms with E-state index in [0.29, 0.717) is 0 Å². The Morgan fingerprint density at radius 3 is 0.773 bits per heavy atom. The highest BCUT2D eigenvalue weighted by Crippen LogP contribution is 2.60. The molecule has 0 aromatic heterocycles. The number of rotatable bonds is 8. The van der Waals surface area contributed by atoms with E-state index in [-0.39, 0.29) is 0 Å². The van der Waals surface area contributed by atoms with E-state index in [0.717, 1.165) is 26.4 Å². The topological polar surface area (TPSA) is 36.9 Å². The van der Waals surface area contributed by atoms with Crippen molar-refractivity contribution >= 4 is 33.3 Å². The Morgan fingerprint density at radius 2 is 0.636 bits per heavy atom. The Balaban J connectivity index is 2.00. The second-order valence-corrected chi connectivity index (χ2v) is 26.6. The van der Waals surface area contributed by atoms with Crippen LogP contribution < -0.4 is 0 Å².